The molecular formula is C26H25ClF2N4O6. The van der Waals surface area contributed by atoms with Gasteiger partial charge in [-0.3, -0.25) is 24.0 Å². The molecule has 2 aliphatic rings. The number of likely N-dealkylation sites (tertiary alicyclic amines) is 1. The number of hydrogen-bond donors (Lipinski definition) is 2. The lowest BCUT2D eigenvalue weighted by Crippen LogP contribution is -2.55. The molecule has 4 amide bonds. The van der Waals surface area contributed by atoms with Crippen LogP contribution in [-0.4, -0.2) is 58.2 Å². The summed E-state index contributed by atoms with van der Waals surface area (Å²) in [6, 6.07) is 7.38. The summed E-state index contributed by atoms with van der Waals surface area (Å²) in [6.07, 6.45) is 0.0587. The third kappa shape index (κ3) is 5.76. The number of halogens is 3. The zero-order chi connectivity index (χ0) is 28.5. The minimum absolute atomic E-state index is 0.0363. The van der Waals surface area contributed by atoms with Crippen LogP contribution in [0.3, 0.4) is 0 Å². The largest absolute Gasteiger partial charge is 0.443 e. The molecule has 0 bridgehead atoms. The molecule has 0 spiro atoms. The summed E-state index contributed by atoms with van der Waals surface area (Å²) in [6.45, 7) is 0.609. The highest BCUT2D eigenvalue weighted by Gasteiger charge is 2.43. The van der Waals surface area contributed by atoms with Crippen molar-refractivity contribution in [2.45, 2.75) is 50.9 Å². The molecule has 10 nitrogen and oxygen atoms in total. The van der Waals surface area contributed by atoms with Crippen molar-refractivity contribution in [1.82, 2.24) is 15.1 Å². The lowest BCUT2D eigenvalue weighted by molar-refractivity contribution is -0.164. The zero-order valence-corrected chi connectivity index (χ0v) is 21.5. The molecule has 2 aliphatic heterocycles. The fourth-order valence-corrected chi connectivity index (χ4v) is 4.47. The van der Waals surface area contributed by atoms with Gasteiger partial charge in [0.05, 0.1) is 0 Å². The number of benzene rings is 2. The van der Waals surface area contributed by atoms with E-state index in [4.69, 9.17) is 22.1 Å². The van der Waals surface area contributed by atoms with E-state index in [1.807, 2.05) is 0 Å². The average Bonchev–Trinajstić information content (AvgIpc) is 3.22. The molecule has 2 heterocycles. The van der Waals surface area contributed by atoms with Crippen molar-refractivity contribution in [1.29, 1.82) is 0 Å². The third-order valence-electron chi connectivity index (χ3n) is 6.51. The number of ether oxygens (including phenoxy) is 1. The smallest absolute Gasteiger partial charge is 0.349 e. The van der Waals surface area contributed by atoms with Crippen LogP contribution >= 0.6 is 11.6 Å². The van der Waals surface area contributed by atoms with E-state index in [0.29, 0.717) is 16.7 Å². The molecule has 1 saturated heterocycles. The molecule has 2 atom stereocenters. The first-order valence-corrected chi connectivity index (χ1v) is 12.4. The predicted molar refractivity (Wildman–Crippen MR) is 133 cm³/mol. The molecule has 2 aromatic rings. The van der Waals surface area contributed by atoms with Gasteiger partial charge in [0.15, 0.2) is 6.73 Å². The second kappa shape index (κ2) is 11.1. The van der Waals surface area contributed by atoms with Crippen molar-refractivity contribution >= 4 is 41.2 Å². The molecule has 1 fully saturated rings. The van der Waals surface area contributed by atoms with Gasteiger partial charge in [-0.25, -0.2) is 4.90 Å². The first kappa shape index (κ1) is 28.1. The highest BCUT2D eigenvalue weighted by Crippen LogP contribution is 2.31. The fourth-order valence-electron chi connectivity index (χ4n) is 4.35. The minimum atomic E-state index is -3.78. The summed E-state index contributed by atoms with van der Waals surface area (Å²) < 4.78 is 34.0. The van der Waals surface area contributed by atoms with Gasteiger partial charge >= 0.3 is 11.9 Å². The molecule has 2 unspecified atom stereocenters. The molecule has 39 heavy (non-hydrogen) atoms. The summed E-state index contributed by atoms with van der Waals surface area (Å²) in [4.78, 5) is 64.4. The van der Waals surface area contributed by atoms with Gasteiger partial charge in [-0.15, -0.1) is 0 Å². The summed E-state index contributed by atoms with van der Waals surface area (Å²) in [5, 5.41) is 2.47. The molecule has 4 rings (SSSR count). The van der Waals surface area contributed by atoms with Crippen molar-refractivity contribution in [3.05, 3.63) is 69.7 Å². The molecule has 3 N–H and O–H groups in total. The molecule has 0 aromatic heterocycles. The standard InChI is InChI=1S/C26H25ClF2N4O6/c1-14(30)24(37)39-13-33-21(34)9-8-20(23(33)36)32-12-16-10-15(2-7-19(16)22(32)35)11-31-25(38)26(28,29)17-3-5-18(27)6-4-17/h2-7,10,14,20H,8-9,11-13,30H2,1H3,(H,31,38). The second-order valence-corrected chi connectivity index (χ2v) is 9.72. The van der Waals surface area contributed by atoms with E-state index in [1.54, 1.807) is 6.07 Å². The van der Waals surface area contributed by atoms with Crippen LogP contribution in [0.2, 0.25) is 5.02 Å². The summed E-state index contributed by atoms with van der Waals surface area (Å²) >= 11 is 5.73. The molecule has 0 aliphatic carbocycles. The average molecular weight is 563 g/mol. The number of nitrogens with two attached hydrogens (primary N) is 1. The number of imide groups is 1. The normalized spacial score (nSPS) is 18.2. The van der Waals surface area contributed by atoms with Crippen LogP contribution in [-0.2, 0) is 42.9 Å². The van der Waals surface area contributed by atoms with Gasteiger partial charge in [0.1, 0.15) is 12.1 Å². The molecular weight excluding hydrogens is 538 g/mol. The number of fused-ring (bicyclic) bond motifs is 1. The number of piperidine rings is 1. The van der Waals surface area contributed by atoms with Gasteiger partial charge < -0.3 is 20.7 Å². The predicted octanol–water partition coefficient (Wildman–Crippen LogP) is 2.07. The van der Waals surface area contributed by atoms with Gasteiger partial charge in [-0.1, -0.05) is 35.9 Å². The monoisotopic (exact) mass is 562 g/mol. The number of amides is 4. The van der Waals surface area contributed by atoms with E-state index >= 15 is 0 Å². The number of alkyl halides is 2. The molecule has 206 valence electrons. The lowest BCUT2D eigenvalue weighted by atomic mass is 10.0. The van der Waals surface area contributed by atoms with Crippen molar-refractivity contribution < 1.29 is 37.5 Å². The molecule has 2 aromatic carbocycles. The van der Waals surface area contributed by atoms with Gasteiger partial charge in [0.25, 0.3) is 17.7 Å². The Labute approximate surface area is 227 Å². The number of carbonyl (C=O) groups excluding carboxylic acids is 5. The number of carbonyl (C=O) groups is 5. The van der Waals surface area contributed by atoms with Crippen LogP contribution in [0.1, 0.15) is 46.8 Å². The Morgan fingerprint density at radius 1 is 1.18 bits per heavy atom. The van der Waals surface area contributed by atoms with E-state index in [2.05, 4.69) is 5.32 Å². The summed E-state index contributed by atoms with van der Waals surface area (Å²) in [5.41, 5.74) is 6.26. The fraction of sp³-hybridized carbons (Fsp3) is 0.346. The van der Waals surface area contributed by atoms with Crippen LogP contribution in [0, 0.1) is 0 Å². The van der Waals surface area contributed by atoms with Crippen molar-refractivity contribution in [3.8, 4) is 0 Å². The van der Waals surface area contributed by atoms with Crippen LogP contribution in [0.15, 0.2) is 42.5 Å². The summed E-state index contributed by atoms with van der Waals surface area (Å²) in [7, 11) is 0. The van der Waals surface area contributed by atoms with E-state index in [1.165, 1.54) is 36.1 Å². The lowest BCUT2D eigenvalue weighted by Gasteiger charge is -2.35. The molecule has 13 heteroatoms. The second-order valence-electron chi connectivity index (χ2n) is 9.28. The highest BCUT2D eigenvalue weighted by molar-refractivity contribution is 6.30. The van der Waals surface area contributed by atoms with Gasteiger partial charge in [0.2, 0.25) is 5.91 Å². The SMILES string of the molecule is CC(N)C(=O)OCN1C(=O)CCC(N2Cc3cc(CNC(=O)C(F)(F)c4ccc(Cl)cc4)ccc3C2=O)C1=O. The van der Waals surface area contributed by atoms with E-state index in [9.17, 15) is 32.8 Å². The number of nitrogens with one attached hydrogen (secondary N) is 1. The van der Waals surface area contributed by atoms with Crippen molar-refractivity contribution in [2.24, 2.45) is 5.73 Å². The topological polar surface area (TPSA) is 139 Å². The third-order valence-corrected chi connectivity index (χ3v) is 6.77. The highest BCUT2D eigenvalue weighted by atomic mass is 35.5. The Morgan fingerprint density at radius 3 is 2.54 bits per heavy atom. The van der Waals surface area contributed by atoms with Crippen molar-refractivity contribution in [2.75, 3.05) is 6.73 Å². The Kier molecular flexibility index (Phi) is 7.98. The Morgan fingerprint density at radius 2 is 1.87 bits per heavy atom. The Bertz CT molecular complexity index is 1330. The number of rotatable bonds is 8. The van der Waals surface area contributed by atoms with Gasteiger partial charge in [-0.05, 0) is 42.7 Å². The number of esters is 1. The summed E-state index contributed by atoms with van der Waals surface area (Å²) in [5.74, 6) is -7.71. The zero-order valence-electron chi connectivity index (χ0n) is 20.8. The Hall–Kier alpha value is -3.90. The van der Waals surface area contributed by atoms with Crippen LogP contribution < -0.4 is 11.1 Å². The molecule has 0 saturated carbocycles. The minimum Gasteiger partial charge on any atom is -0.443 e. The first-order chi connectivity index (χ1) is 18.4. The van der Waals surface area contributed by atoms with E-state index < -0.39 is 59.9 Å². The first-order valence-electron chi connectivity index (χ1n) is 12.0. The maximum atomic E-state index is 14.5. The maximum absolute atomic E-state index is 14.5. The Balaban J connectivity index is 1.41. The van der Waals surface area contributed by atoms with E-state index in [-0.39, 0.29) is 31.0 Å². The quantitative estimate of drug-likeness (QED) is 0.371. The van der Waals surface area contributed by atoms with Gasteiger partial charge in [0, 0.05) is 35.7 Å². The molecule has 0 radical (unpaired) electrons. The maximum Gasteiger partial charge on any atom is 0.349 e. The van der Waals surface area contributed by atoms with Crippen molar-refractivity contribution in [3.63, 3.8) is 0 Å². The van der Waals surface area contributed by atoms with Crippen LogP contribution in [0.4, 0.5) is 8.78 Å². The van der Waals surface area contributed by atoms with Crippen LogP contribution in [0.5, 0.6) is 0 Å². The number of nitrogens with zero attached hydrogens (tertiary/aromatic N) is 2. The van der Waals surface area contributed by atoms with E-state index in [0.717, 1.165) is 17.0 Å². The number of hydrogen-bond acceptors (Lipinski definition) is 7. The van der Waals surface area contributed by atoms with Gasteiger partial charge in [-0.2, -0.15) is 8.78 Å². The van der Waals surface area contributed by atoms with Crippen LogP contribution in [0.25, 0.3) is 0 Å².